The molecule has 0 bridgehead atoms. The van der Waals surface area contributed by atoms with Gasteiger partial charge in [0.15, 0.2) is 0 Å². The summed E-state index contributed by atoms with van der Waals surface area (Å²) in [4.78, 5) is 27.8. The molecular formula is C23H34ClN3O3. The molecule has 3 N–H and O–H groups in total. The van der Waals surface area contributed by atoms with E-state index in [2.05, 4.69) is 10.6 Å². The Hall–Kier alpha value is -1.63. The molecule has 3 unspecified atom stereocenters. The van der Waals surface area contributed by atoms with Gasteiger partial charge in [0.25, 0.3) is 0 Å². The maximum Gasteiger partial charge on any atom is 0.245 e. The molecule has 0 radical (unpaired) electrons. The molecule has 2 aliphatic heterocycles. The zero-order valence-electron chi connectivity index (χ0n) is 18.4. The molecule has 3 atom stereocenters. The quantitative estimate of drug-likeness (QED) is 0.663. The second-order valence-corrected chi connectivity index (χ2v) is 10.1. The number of nitrogens with zero attached hydrogens (tertiary/aromatic N) is 1. The van der Waals surface area contributed by atoms with E-state index in [1.54, 1.807) is 17.0 Å². The summed E-state index contributed by atoms with van der Waals surface area (Å²) in [6.45, 7) is 10.2. The van der Waals surface area contributed by atoms with Crippen LogP contribution in [0, 0.1) is 17.3 Å². The van der Waals surface area contributed by atoms with Crippen LogP contribution >= 0.6 is 11.6 Å². The van der Waals surface area contributed by atoms with Crippen LogP contribution in [-0.4, -0.2) is 54.0 Å². The average molecular weight is 436 g/mol. The molecule has 30 heavy (non-hydrogen) atoms. The number of aliphatic hydroxyl groups is 1. The van der Waals surface area contributed by atoms with Crippen molar-refractivity contribution in [3.05, 3.63) is 34.9 Å². The van der Waals surface area contributed by atoms with Crippen LogP contribution in [-0.2, 0) is 15.2 Å². The molecule has 3 rings (SSSR count). The highest BCUT2D eigenvalue weighted by Crippen LogP contribution is 2.46. The maximum absolute atomic E-state index is 13.4. The molecule has 0 aromatic heterocycles. The lowest BCUT2D eigenvalue weighted by molar-refractivity contribution is -0.157. The summed E-state index contributed by atoms with van der Waals surface area (Å²) in [6.07, 6.45) is 1.23. The summed E-state index contributed by atoms with van der Waals surface area (Å²) >= 11 is 6.01. The number of nitrogens with one attached hydrogen (secondary N) is 2. The summed E-state index contributed by atoms with van der Waals surface area (Å²) < 4.78 is 0. The predicted octanol–water partition coefficient (Wildman–Crippen LogP) is 2.54. The number of carbonyl (C=O) groups is 2. The van der Waals surface area contributed by atoms with Crippen LogP contribution < -0.4 is 10.6 Å². The lowest BCUT2D eigenvalue weighted by Crippen LogP contribution is -2.60. The van der Waals surface area contributed by atoms with E-state index in [9.17, 15) is 14.7 Å². The molecule has 1 aromatic carbocycles. The van der Waals surface area contributed by atoms with Crippen LogP contribution in [0.1, 0.15) is 46.1 Å². The molecule has 0 saturated carbocycles. The Bertz CT molecular complexity index is 774. The zero-order chi connectivity index (χ0) is 22.1. The van der Waals surface area contributed by atoms with Gasteiger partial charge >= 0.3 is 0 Å². The van der Waals surface area contributed by atoms with Gasteiger partial charge in [0.1, 0.15) is 6.04 Å². The van der Waals surface area contributed by atoms with E-state index in [0.717, 1.165) is 18.5 Å². The van der Waals surface area contributed by atoms with Crippen LogP contribution in [0.3, 0.4) is 0 Å². The largest absolute Gasteiger partial charge is 0.384 e. The number of hydrogen-bond acceptors (Lipinski definition) is 4. The Morgan fingerprint density at radius 2 is 1.93 bits per heavy atom. The smallest absolute Gasteiger partial charge is 0.245 e. The topological polar surface area (TPSA) is 81.7 Å². The monoisotopic (exact) mass is 435 g/mol. The molecule has 7 heteroatoms. The Kier molecular flexibility index (Phi) is 6.80. The number of halogens is 1. The minimum absolute atomic E-state index is 0.0176. The van der Waals surface area contributed by atoms with E-state index in [1.807, 2.05) is 39.8 Å². The normalized spacial score (nSPS) is 27.2. The van der Waals surface area contributed by atoms with E-state index >= 15 is 0 Å². The Morgan fingerprint density at radius 3 is 2.47 bits per heavy atom. The maximum atomic E-state index is 13.4. The number of benzene rings is 1. The van der Waals surface area contributed by atoms with Crippen molar-refractivity contribution >= 4 is 23.4 Å². The third-order valence-corrected chi connectivity index (χ3v) is 7.00. The van der Waals surface area contributed by atoms with Crippen molar-refractivity contribution in [3.63, 3.8) is 0 Å². The summed E-state index contributed by atoms with van der Waals surface area (Å²) in [6, 6.07) is 6.72. The van der Waals surface area contributed by atoms with Crippen molar-refractivity contribution in [1.82, 2.24) is 15.5 Å². The number of hydrogen-bond donors (Lipinski definition) is 3. The highest BCUT2D eigenvalue weighted by atomic mass is 35.5. The fraction of sp³-hybridized carbons (Fsp3) is 0.652. The van der Waals surface area contributed by atoms with Crippen molar-refractivity contribution in [1.29, 1.82) is 0 Å². The standard InChI is InChI=1S/C23H34ClN3O3/c1-15(2)19(26-20(28)16-9-11-25-13-16)21(29)27-12-10-23(30,22(3,4)14-27)17-5-7-18(24)8-6-17/h5-8,15-16,19,25,30H,9-14H2,1-4H3,(H,26,28). The minimum atomic E-state index is -1.06. The Labute approximate surface area is 184 Å². The molecule has 2 heterocycles. The highest BCUT2D eigenvalue weighted by Gasteiger charge is 2.50. The molecule has 2 amide bonds. The molecule has 2 saturated heterocycles. The Morgan fingerprint density at radius 1 is 1.27 bits per heavy atom. The average Bonchev–Trinajstić information content (AvgIpc) is 3.22. The second-order valence-electron chi connectivity index (χ2n) is 9.68. The van der Waals surface area contributed by atoms with Crippen molar-refractivity contribution < 1.29 is 14.7 Å². The molecule has 2 aliphatic rings. The molecule has 0 spiro atoms. The summed E-state index contributed by atoms with van der Waals surface area (Å²) in [5.74, 6) is -0.223. The van der Waals surface area contributed by atoms with Gasteiger partial charge in [-0.3, -0.25) is 9.59 Å². The Balaban J connectivity index is 1.73. The fourth-order valence-electron chi connectivity index (χ4n) is 4.63. The molecule has 166 valence electrons. The van der Waals surface area contributed by atoms with Crippen molar-refractivity contribution in [2.24, 2.45) is 17.3 Å². The van der Waals surface area contributed by atoms with Crippen molar-refractivity contribution in [2.45, 2.75) is 52.2 Å². The second kappa shape index (κ2) is 8.85. The van der Waals surface area contributed by atoms with Gasteiger partial charge in [-0.2, -0.15) is 0 Å². The van der Waals surface area contributed by atoms with Crippen LogP contribution in [0.2, 0.25) is 5.02 Å². The summed E-state index contributed by atoms with van der Waals surface area (Å²) in [7, 11) is 0. The molecular weight excluding hydrogens is 402 g/mol. The van der Waals surface area contributed by atoms with Crippen LogP contribution in [0.4, 0.5) is 0 Å². The molecule has 1 aromatic rings. The predicted molar refractivity (Wildman–Crippen MR) is 118 cm³/mol. The van der Waals surface area contributed by atoms with Gasteiger partial charge in [-0.05, 0) is 43.0 Å². The highest BCUT2D eigenvalue weighted by molar-refractivity contribution is 6.30. The van der Waals surface area contributed by atoms with E-state index in [1.165, 1.54) is 0 Å². The van der Waals surface area contributed by atoms with E-state index < -0.39 is 17.1 Å². The molecule has 0 aliphatic carbocycles. The number of likely N-dealkylation sites (tertiary alicyclic amines) is 1. The lowest BCUT2D eigenvalue weighted by atomic mass is 9.66. The third-order valence-electron chi connectivity index (χ3n) is 6.74. The number of carbonyl (C=O) groups excluding carboxylic acids is 2. The van der Waals surface area contributed by atoms with Gasteiger partial charge in [-0.25, -0.2) is 0 Å². The number of amides is 2. The SMILES string of the molecule is CC(C)C(NC(=O)C1CCNC1)C(=O)N1CCC(O)(c2ccc(Cl)cc2)C(C)(C)C1. The number of rotatable bonds is 5. The van der Waals surface area contributed by atoms with E-state index in [4.69, 9.17) is 11.6 Å². The van der Waals surface area contributed by atoms with Crippen molar-refractivity contribution in [2.75, 3.05) is 26.2 Å². The van der Waals surface area contributed by atoms with Gasteiger partial charge in [0.05, 0.1) is 11.5 Å². The first kappa shape index (κ1) is 23.0. The molecule has 6 nitrogen and oxygen atoms in total. The lowest BCUT2D eigenvalue weighted by Gasteiger charge is -2.51. The van der Waals surface area contributed by atoms with Crippen molar-refractivity contribution in [3.8, 4) is 0 Å². The van der Waals surface area contributed by atoms with Gasteiger partial charge in [-0.1, -0.05) is 51.4 Å². The third kappa shape index (κ3) is 4.51. The first-order valence-electron chi connectivity index (χ1n) is 10.8. The van der Waals surface area contributed by atoms with E-state index in [0.29, 0.717) is 31.1 Å². The van der Waals surface area contributed by atoms with Gasteiger partial charge < -0.3 is 20.6 Å². The van der Waals surface area contributed by atoms with Gasteiger partial charge in [0.2, 0.25) is 11.8 Å². The summed E-state index contributed by atoms with van der Waals surface area (Å²) in [5, 5.41) is 18.4. The number of piperidine rings is 1. The van der Waals surface area contributed by atoms with Gasteiger partial charge in [0, 0.05) is 30.1 Å². The molecule has 2 fully saturated rings. The van der Waals surface area contributed by atoms with E-state index in [-0.39, 0.29) is 23.7 Å². The fourth-order valence-corrected chi connectivity index (χ4v) is 4.76. The minimum Gasteiger partial charge on any atom is -0.384 e. The zero-order valence-corrected chi connectivity index (χ0v) is 19.1. The van der Waals surface area contributed by atoms with Crippen LogP contribution in [0.5, 0.6) is 0 Å². The summed E-state index contributed by atoms with van der Waals surface area (Å²) in [5.41, 5.74) is -0.803. The van der Waals surface area contributed by atoms with Crippen LogP contribution in [0.25, 0.3) is 0 Å². The first-order chi connectivity index (χ1) is 14.0. The van der Waals surface area contributed by atoms with Crippen LogP contribution in [0.15, 0.2) is 24.3 Å². The first-order valence-corrected chi connectivity index (χ1v) is 11.2. The van der Waals surface area contributed by atoms with Gasteiger partial charge in [-0.15, -0.1) is 0 Å².